The first-order valence-corrected chi connectivity index (χ1v) is 1.54. The largest absolute Gasteiger partial charge is 0.525 e. The molecule has 0 amide bonds. The fourth-order valence-electron chi connectivity index (χ4n) is 0. The number of halogens is 2. The average molecular weight is 216 g/mol. The van der Waals surface area contributed by atoms with E-state index in [9.17, 15) is 0 Å². The molecule has 5 heteroatoms. The van der Waals surface area contributed by atoms with E-state index >= 15 is 0 Å². The Morgan fingerprint density at radius 2 is 1.00 bits per heavy atom. The summed E-state index contributed by atoms with van der Waals surface area (Å²) < 4.78 is 0. The Balaban J connectivity index is -0.0000000400. The van der Waals surface area contributed by atoms with E-state index in [1.807, 2.05) is 0 Å². The minimum absolute atomic E-state index is 0. The third-order valence-electron chi connectivity index (χ3n) is 0. The van der Waals surface area contributed by atoms with Crippen LogP contribution < -0.4 is 0 Å². The van der Waals surface area contributed by atoms with Crippen LogP contribution in [0.15, 0.2) is 0 Å². The summed E-state index contributed by atoms with van der Waals surface area (Å²) in [6, 6.07) is 0. The van der Waals surface area contributed by atoms with Gasteiger partial charge in [0.2, 0.25) is 0 Å². The molecule has 0 saturated heterocycles. The van der Waals surface area contributed by atoms with E-state index in [0.29, 0.717) is 0 Å². The standard InChI is InChI=1S/2CClO.Y/c2*2-1-3;/q2*-1;. The summed E-state index contributed by atoms with van der Waals surface area (Å²) in [6.07, 6.45) is 0. The maximum absolute atomic E-state index is 8.45. The van der Waals surface area contributed by atoms with Gasteiger partial charge in [0, 0.05) is 32.7 Å². The maximum atomic E-state index is 8.45. The molecule has 0 unspecified atom stereocenters. The van der Waals surface area contributed by atoms with Crippen molar-refractivity contribution in [3.8, 4) is 0 Å². The van der Waals surface area contributed by atoms with Crippen molar-refractivity contribution in [2.45, 2.75) is 0 Å². The topological polar surface area (TPSA) is 34.1 Å². The van der Waals surface area contributed by atoms with Crippen LogP contribution in [0.5, 0.6) is 0 Å². The van der Waals surface area contributed by atoms with Gasteiger partial charge in [0.05, 0.1) is 0 Å². The zero-order valence-corrected chi connectivity index (χ0v) is 7.50. The molecule has 0 N–H and O–H groups in total. The third kappa shape index (κ3) is 169. The molecule has 2 nitrogen and oxygen atoms in total. The van der Waals surface area contributed by atoms with Gasteiger partial charge in [-0.1, -0.05) is 0 Å². The molecule has 0 spiro atoms. The summed E-state index contributed by atoms with van der Waals surface area (Å²) in [5, 5.41) is 0. The molecule has 0 saturated carbocycles. The third-order valence-corrected chi connectivity index (χ3v) is 0. The van der Waals surface area contributed by atoms with Crippen LogP contribution in [0.4, 0.5) is 0 Å². The van der Waals surface area contributed by atoms with Gasteiger partial charge in [-0.05, 0) is 0 Å². The van der Waals surface area contributed by atoms with E-state index in [2.05, 4.69) is 23.2 Å². The van der Waals surface area contributed by atoms with Crippen molar-refractivity contribution < 1.29 is 42.3 Å². The smallest absolute Gasteiger partial charge is 0 e. The van der Waals surface area contributed by atoms with E-state index in [-0.39, 0.29) is 32.7 Å². The summed E-state index contributed by atoms with van der Waals surface area (Å²) in [5.74, 6) is 1.94. The first-order chi connectivity index (χ1) is 2.83. The molecule has 0 heterocycles. The Morgan fingerprint density at radius 1 is 1.00 bits per heavy atom. The summed E-state index contributed by atoms with van der Waals surface area (Å²) in [4.78, 5) is 16.9. The minimum atomic E-state index is 0. The van der Waals surface area contributed by atoms with Crippen molar-refractivity contribution in [1.82, 2.24) is 0 Å². The molecular formula is C2Cl2O2Y-2. The monoisotopic (exact) mass is 215 g/mol. The fraction of sp³-hybridized carbons (Fsp3) is 0. The van der Waals surface area contributed by atoms with E-state index in [4.69, 9.17) is 9.59 Å². The zero-order chi connectivity index (χ0) is 5.41. The summed E-state index contributed by atoms with van der Waals surface area (Å²) >= 11 is 8.39. The van der Waals surface area contributed by atoms with Gasteiger partial charge in [0.15, 0.2) is 0 Å². The number of rotatable bonds is 0. The molecular weight excluding hydrogens is 216 g/mol. The Labute approximate surface area is 76.4 Å². The van der Waals surface area contributed by atoms with Gasteiger partial charge in [-0.15, -0.1) is 0 Å². The van der Waals surface area contributed by atoms with Crippen molar-refractivity contribution in [2.24, 2.45) is 0 Å². The molecule has 7 heavy (non-hydrogen) atoms. The molecule has 0 aliphatic carbocycles. The number of carbonyl (C=O) groups excluding carboxylic acids is 2. The van der Waals surface area contributed by atoms with Crippen LogP contribution in [0.1, 0.15) is 0 Å². The van der Waals surface area contributed by atoms with Crippen molar-refractivity contribution in [3.63, 3.8) is 0 Å². The molecule has 0 rings (SSSR count). The Bertz CT molecular complexity index is 34.7. The molecule has 0 aliphatic heterocycles. The van der Waals surface area contributed by atoms with Crippen LogP contribution in [0.3, 0.4) is 0 Å². The van der Waals surface area contributed by atoms with E-state index in [1.165, 1.54) is 0 Å². The molecule has 0 aromatic heterocycles. The number of hydrogen-bond acceptors (Lipinski definition) is 2. The van der Waals surface area contributed by atoms with Crippen LogP contribution in [-0.4, -0.2) is 11.5 Å². The van der Waals surface area contributed by atoms with E-state index in [1.54, 1.807) is 0 Å². The van der Waals surface area contributed by atoms with E-state index < -0.39 is 0 Å². The van der Waals surface area contributed by atoms with Gasteiger partial charge in [-0.2, -0.15) is 11.5 Å². The molecule has 1 radical (unpaired) electrons. The molecule has 0 aromatic rings. The van der Waals surface area contributed by atoms with Crippen LogP contribution in [0.2, 0.25) is 0 Å². The van der Waals surface area contributed by atoms with Gasteiger partial charge in [-0.3, -0.25) is 0 Å². The van der Waals surface area contributed by atoms with E-state index in [0.717, 1.165) is 11.5 Å². The second-order valence-corrected chi connectivity index (χ2v) is 0.463. The van der Waals surface area contributed by atoms with Gasteiger partial charge < -0.3 is 32.8 Å². The quantitative estimate of drug-likeness (QED) is 0.438. The summed E-state index contributed by atoms with van der Waals surface area (Å²) in [5.41, 5.74) is 0. The van der Waals surface area contributed by atoms with Crippen LogP contribution >= 0.6 is 23.2 Å². The Morgan fingerprint density at radius 3 is 1.00 bits per heavy atom. The molecule has 0 bridgehead atoms. The summed E-state index contributed by atoms with van der Waals surface area (Å²) in [7, 11) is 0. The first-order valence-electron chi connectivity index (χ1n) is 0.786. The van der Waals surface area contributed by atoms with Crippen molar-refractivity contribution >= 4 is 34.7 Å². The van der Waals surface area contributed by atoms with Crippen LogP contribution in [0.25, 0.3) is 0 Å². The molecule has 39 valence electrons. The minimum Gasteiger partial charge on any atom is -0.525 e. The predicted octanol–water partition coefficient (Wildman–Crippen LogP) is 0.582. The molecule has 0 aliphatic rings. The second-order valence-electron chi connectivity index (χ2n) is 0.154. The first kappa shape index (κ1) is 15.7. The van der Waals surface area contributed by atoms with Crippen LogP contribution in [-0.2, 0) is 42.3 Å². The normalized spacial score (nSPS) is 3.71. The maximum Gasteiger partial charge on any atom is 0 e. The Kier molecular flexibility index (Phi) is 62.5. The second kappa shape index (κ2) is 27.9. The Hall–Kier alpha value is 1.02. The van der Waals surface area contributed by atoms with Gasteiger partial charge in [0.1, 0.15) is 0 Å². The predicted molar refractivity (Wildman–Crippen MR) is 23.1 cm³/mol. The van der Waals surface area contributed by atoms with Gasteiger partial charge in [-0.25, -0.2) is 0 Å². The van der Waals surface area contributed by atoms with Crippen molar-refractivity contribution in [2.75, 3.05) is 0 Å². The molecule has 0 atom stereocenters. The number of hydrogen-bond donors (Lipinski definition) is 0. The zero-order valence-electron chi connectivity index (χ0n) is 3.15. The molecule has 0 fully saturated rings. The molecule has 0 aromatic carbocycles. The van der Waals surface area contributed by atoms with Crippen molar-refractivity contribution in [1.29, 1.82) is 0 Å². The SMILES string of the molecule is O=[C-]Cl.O=[C-]Cl.[Y]. The average Bonchev–Trinajstić information content (AvgIpc) is 1.39. The van der Waals surface area contributed by atoms with Crippen molar-refractivity contribution in [3.05, 3.63) is 0 Å². The van der Waals surface area contributed by atoms with Gasteiger partial charge >= 0.3 is 0 Å². The van der Waals surface area contributed by atoms with Crippen LogP contribution in [0, 0.1) is 0 Å². The van der Waals surface area contributed by atoms with Gasteiger partial charge in [0.25, 0.3) is 0 Å². The summed E-state index contributed by atoms with van der Waals surface area (Å²) in [6.45, 7) is 0. The fourth-order valence-corrected chi connectivity index (χ4v) is 0.